The Hall–Kier alpha value is -2.89. The van der Waals surface area contributed by atoms with E-state index >= 15 is 0 Å². The van der Waals surface area contributed by atoms with Gasteiger partial charge in [-0.1, -0.05) is 29.8 Å². The lowest BCUT2D eigenvalue weighted by molar-refractivity contribution is 0.671. The van der Waals surface area contributed by atoms with Crippen LogP contribution in [0.1, 0.15) is 6.42 Å². The molecular formula is C21H20ClN5. The summed E-state index contributed by atoms with van der Waals surface area (Å²) in [6.07, 6.45) is 4.82. The number of rotatable bonds is 6. The van der Waals surface area contributed by atoms with E-state index in [1.165, 1.54) is 10.9 Å². The van der Waals surface area contributed by atoms with Crippen LogP contribution in [0.25, 0.3) is 22.2 Å². The van der Waals surface area contributed by atoms with Gasteiger partial charge in [0.15, 0.2) is 0 Å². The second-order valence-electron chi connectivity index (χ2n) is 6.29. The molecule has 0 aliphatic carbocycles. The highest BCUT2D eigenvalue weighted by molar-refractivity contribution is 6.30. The quantitative estimate of drug-likeness (QED) is 0.504. The second-order valence-corrected chi connectivity index (χ2v) is 6.73. The van der Waals surface area contributed by atoms with E-state index in [0.717, 1.165) is 29.9 Å². The minimum atomic E-state index is 0.536. The first-order valence-electron chi connectivity index (χ1n) is 8.88. The molecule has 0 fully saturated rings. The smallest absolute Gasteiger partial charge is 0.227 e. The summed E-state index contributed by atoms with van der Waals surface area (Å²) in [5.41, 5.74) is 9.64. The van der Waals surface area contributed by atoms with E-state index in [4.69, 9.17) is 22.3 Å². The first kappa shape index (κ1) is 17.5. The molecule has 2 heterocycles. The van der Waals surface area contributed by atoms with Crippen molar-refractivity contribution in [2.45, 2.75) is 13.0 Å². The molecule has 0 unspecified atom stereocenters. The SMILES string of the molecule is NCCCn1ccc2c(-c3ccnc(Nc4cccc(Cl)c4)n3)cccc21. The highest BCUT2D eigenvalue weighted by atomic mass is 35.5. The van der Waals surface area contributed by atoms with Crippen molar-refractivity contribution in [3.63, 3.8) is 0 Å². The maximum Gasteiger partial charge on any atom is 0.227 e. The summed E-state index contributed by atoms with van der Waals surface area (Å²) in [5.74, 6) is 0.536. The van der Waals surface area contributed by atoms with E-state index in [-0.39, 0.29) is 0 Å². The summed E-state index contributed by atoms with van der Waals surface area (Å²) >= 11 is 6.05. The number of halogens is 1. The number of nitrogens with two attached hydrogens (primary N) is 1. The Morgan fingerprint density at radius 1 is 1.07 bits per heavy atom. The van der Waals surface area contributed by atoms with Crippen LogP contribution in [0.2, 0.25) is 5.02 Å². The van der Waals surface area contributed by atoms with E-state index < -0.39 is 0 Å². The molecule has 4 rings (SSSR count). The normalized spacial score (nSPS) is 11.0. The van der Waals surface area contributed by atoms with Crippen LogP contribution in [0.4, 0.5) is 11.6 Å². The summed E-state index contributed by atoms with van der Waals surface area (Å²) < 4.78 is 2.23. The maximum atomic E-state index is 6.05. The Kier molecular flexibility index (Phi) is 5.05. The molecule has 0 atom stereocenters. The van der Waals surface area contributed by atoms with Crippen LogP contribution in [0.15, 0.2) is 67.0 Å². The maximum absolute atomic E-state index is 6.05. The van der Waals surface area contributed by atoms with Gasteiger partial charge in [0.1, 0.15) is 0 Å². The van der Waals surface area contributed by atoms with E-state index in [1.54, 1.807) is 6.20 Å². The summed E-state index contributed by atoms with van der Waals surface area (Å²) in [4.78, 5) is 9.03. The molecule has 0 saturated heterocycles. The van der Waals surface area contributed by atoms with Gasteiger partial charge in [0.25, 0.3) is 0 Å². The fourth-order valence-electron chi connectivity index (χ4n) is 3.17. The van der Waals surface area contributed by atoms with Crippen LogP contribution in [0.5, 0.6) is 0 Å². The lowest BCUT2D eigenvalue weighted by Crippen LogP contribution is -2.04. The van der Waals surface area contributed by atoms with E-state index in [1.807, 2.05) is 30.3 Å². The number of aromatic nitrogens is 3. The first-order valence-corrected chi connectivity index (χ1v) is 9.26. The average Bonchev–Trinajstić information content (AvgIpc) is 3.10. The third kappa shape index (κ3) is 3.79. The monoisotopic (exact) mass is 377 g/mol. The second kappa shape index (κ2) is 7.78. The van der Waals surface area contributed by atoms with E-state index in [2.05, 4.69) is 45.3 Å². The number of anilines is 2. The number of hydrogen-bond donors (Lipinski definition) is 2. The largest absolute Gasteiger partial charge is 0.347 e. The summed E-state index contributed by atoms with van der Waals surface area (Å²) in [5, 5.41) is 5.05. The molecular weight excluding hydrogens is 358 g/mol. The molecule has 2 aromatic heterocycles. The third-order valence-corrected chi connectivity index (χ3v) is 4.66. The molecule has 27 heavy (non-hydrogen) atoms. The third-order valence-electron chi connectivity index (χ3n) is 4.43. The van der Waals surface area contributed by atoms with Gasteiger partial charge in [0, 0.05) is 46.1 Å². The van der Waals surface area contributed by atoms with Crippen molar-refractivity contribution in [3.05, 3.63) is 72.0 Å². The average molecular weight is 378 g/mol. The van der Waals surface area contributed by atoms with Crippen LogP contribution < -0.4 is 11.1 Å². The van der Waals surface area contributed by atoms with Crippen molar-refractivity contribution in [1.29, 1.82) is 0 Å². The molecule has 4 aromatic rings. The Morgan fingerprint density at radius 3 is 2.81 bits per heavy atom. The Morgan fingerprint density at radius 2 is 1.96 bits per heavy atom. The van der Waals surface area contributed by atoms with Gasteiger partial charge in [-0.05, 0) is 49.4 Å². The van der Waals surface area contributed by atoms with Crippen molar-refractivity contribution < 1.29 is 0 Å². The van der Waals surface area contributed by atoms with Crippen molar-refractivity contribution in [3.8, 4) is 11.3 Å². The molecule has 3 N–H and O–H groups in total. The molecule has 0 spiro atoms. The van der Waals surface area contributed by atoms with Crippen LogP contribution in [-0.4, -0.2) is 21.1 Å². The molecule has 136 valence electrons. The molecule has 0 aliphatic heterocycles. The van der Waals surface area contributed by atoms with Gasteiger partial charge in [-0.25, -0.2) is 9.97 Å². The highest BCUT2D eigenvalue weighted by Gasteiger charge is 2.10. The van der Waals surface area contributed by atoms with Crippen LogP contribution in [0.3, 0.4) is 0 Å². The fourth-order valence-corrected chi connectivity index (χ4v) is 3.36. The molecule has 5 nitrogen and oxygen atoms in total. The zero-order valence-electron chi connectivity index (χ0n) is 14.8. The Bertz CT molecular complexity index is 1070. The van der Waals surface area contributed by atoms with Gasteiger partial charge >= 0.3 is 0 Å². The van der Waals surface area contributed by atoms with Gasteiger partial charge in [-0.2, -0.15) is 0 Å². The Balaban J connectivity index is 1.68. The molecule has 0 radical (unpaired) electrons. The van der Waals surface area contributed by atoms with Gasteiger partial charge in [0.2, 0.25) is 5.95 Å². The van der Waals surface area contributed by atoms with Gasteiger partial charge in [0.05, 0.1) is 5.69 Å². The molecule has 0 saturated carbocycles. The van der Waals surface area contributed by atoms with E-state index in [9.17, 15) is 0 Å². The van der Waals surface area contributed by atoms with Crippen LogP contribution in [-0.2, 0) is 6.54 Å². The highest BCUT2D eigenvalue weighted by Crippen LogP contribution is 2.29. The number of nitrogens with zero attached hydrogens (tertiary/aromatic N) is 3. The number of hydrogen-bond acceptors (Lipinski definition) is 4. The predicted octanol–water partition coefficient (Wildman–Crippen LogP) is 4.84. The van der Waals surface area contributed by atoms with Crippen molar-refractivity contribution in [2.75, 3.05) is 11.9 Å². The molecule has 0 amide bonds. The topological polar surface area (TPSA) is 68.8 Å². The number of benzene rings is 2. The summed E-state index contributed by atoms with van der Waals surface area (Å²) in [6.45, 7) is 1.60. The van der Waals surface area contributed by atoms with E-state index in [0.29, 0.717) is 17.5 Å². The number of nitrogens with one attached hydrogen (secondary N) is 1. The van der Waals surface area contributed by atoms with Crippen molar-refractivity contribution in [2.24, 2.45) is 5.73 Å². The standard InChI is InChI=1S/C21H20ClN5/c22-15-4-1-5-16(14-15)25-21-24-11-8-19(26-21)17-6-2-7-20-18(17)9-13-27(20)12-3-10-23/h1-2,4-9,11,13-14H,3,10,12,23H2,(H,24,25,26). The lowest BCUT2D eigenvalue weighted by atomic mass is 10.1. The minimum Gasteiger partial charge on any atom is -0.347 e. The number of aryl methyl sites for hydroxylation is 1. The van der Waals surface area contributed by atoms with Gasteiger partial charge < -0.3 is 15.6 Å². The van der Waals surface area contributed by atoms with Crippen LogP contribution >= 0.6 is 11.6 Å². The predicted molar refractivity (Wildman–Crippen MR) is 111 cm³/mol. The summed E-state index contributed by atoms with van der Waals surface area (Å²) in [7, 11) is 0. The molecule has 6 heteroatoms. The molecule has 0 aliphatic rings. The van der Waals surface area contributed by atoms with Crippen molar-refractivity contribution >= 4 is 34.1 Å². The van der Waals surface area contributed by atoms with Crippen molar-refractivity contribution in [1.82, 2.24) is 14.5 Å². The van der Waals surface area contributed by atoms with Crippen LogP contribution in [0, 0.1) is 0 Å². The fraction of sp³-hybridized carbons (Fsp3) is 0.143. The molecule has 2 aromatic carbocycles. The van der Waals surface area contributed by atoms with Gasteiger partial charge in [-0.15, -0.1) is 0 Å². The lowest BCUT2D eigenvalue weighted by Gasteiger charge is -2.09. The first-order chi connectivity index (χ1) is 13.2. The van der Waals surface area contributed by atoms with Gasteiger partial charge in [-0.3, -0.25) is 0 Å². The zero-order chi connectivity index (χ0) is 18.6. The number of fused-ring (bicyclic) bond motifs is 1. The minimum absolute atomic E-state index is 0.536. The Labute approximate surface area is 162 Å². The molecule has 0 bridgehead atoms. The summed E-state index contributed by atoms with van der Waals surface area (Å²) in [6, 6.07) is 17.8. The zero-order valence-corrected chi connectivity index (χ0v) is 15.5.